The van der Waals surface area contributed by atoms with Crippen LogP contribution in [-0.4, -0.2) is 20.4 Å². The van der Waals surface area contributed by atoms with Crippen LogP contribution in [0, 0.1) is 5.82 Å². The number of rotatable bonds is 6. The minimum absolute atomic E-state index is 0.127. The Morgan fingerprint density at radius 2 is 2.08 bits per heavy atom. The van der Waals surface area contributed by atoms with Gasteiger partial charge in [-0.3, -0.25) is 4.79 Å². The van der Waals surface area contributed by atoms with E-state index in [1.54, 1.807) is 31.2 Å². The van der Waals surface area contributed by atoms with Gasteiger partial charge in [-0.1, -0.05) is 29.7 Å². The molecular formula is C19H16BFO4. The monoisotopic (exact) mass is 338 g/mol. The van der Waals surface area contributed by atoms with E-state index in [2.05, 4.69) is 0 Å². The highest BCUT2D eigenvalue weighted by molar-refractivity contribution is 6.38. The quantitative estimate of drug-likeness (QED) is 0.512. The first-order chi connectivity index (χ1) is 12.1. The summed E-state index contributed by atoms with van der Waals surface area (Å²) in [6.07, 6.45) is 1.15. The minimum atomic E-state index is -0.466. The number of furan rings is 1. The molecule has 0 atom stereocenters. The van der Waals surface area contributed by atoms with Crippen molar-refractivity contribution in [2.75, 3.05) is 6.61 Å². The number of hydrogen-bond donors (Lipinski definition) is 0. The van der Waals surface area contributed by atoms with Gasteiger partial charge in [0.1, 0.15) is 32.0 Å². The summed E-state index contributed by atoms with van der Waals surface area (Å²) in [6, 6.07) is 10.5. The molecule has 2 aromatic carbocycles. The first kappa shape index (κ1) is 17.1. The van der Waals surface area contributed by atoms with Gasteiger partial charge < -0.3 is 13.9 Å². The molecule has 0 unspecified atom stereocenters. The van der Waals surface area contributed by atoms with Gasteiger partial charge in [-0.15, -0.1) is 0 Å². The number of halogens is 1. The molecule has 0 fully saturated rings. The fraction of sp³-hybridized carbons (Fsp3) is 0.211. The second-order valence-corrected chi connectivity index (χ2v) is 5.52. The Morgan fingerprint density at radius 3 is 2.88 bits per heavy atom. The number of carbonyl (C=O) groups is 1. The zero-order chi connectivity index (χ0) is 17.8. The Kier molecular flexibility index (Phi) is 5.07. The lowest BCUT2D eigenvalue weighted by molar-refractivity contribution is -0.142. The van der Waals surface area contributed by atoms with Crippen molar-refractivity contribution in [1.29, 1.82) is 0 Å². The van der Waals surface area contributed by atoms with E-state index in [-0.39, 0.29) is 19.0 Å². The van der Waals surface area contributed by atoms with Crippen LogP contribution < -0.4 is 10.2 Å². The van der Waals surface area contributed by atoms with Gasteiger partial charge >= 0.3 is 5.97 Å². The predicted molar refractivity (Wildman–Crippen MR) is 92.7 cm³/mol. The molecular weight excluding hydrogens is 322 g/mol. The highest BCUT2D eigenvalue weighted by Gasteiger charge is 2.12. The zero-order valence-corrected chi connectivity index (χ0v) is 13.8. The van der Waals surface area contributed by atoms with Crippen LogP contribution in [0.3, 0.4) is 0 Å². The standard InChI is InChI=1S/C19H16BFO4/c1-2-23-18(22)9-13-5-3-4-6-17(13)24-10-12-7-14-16(21)11-25-19(14)15(20)8-12/h3-8,11H,2,9-10H2,1H3. The molecule has 0 saturated carbocycles. The van der Waals surface area contributed by atoms with Crippen molar-refractivity contribution in [3.05, 3.63) is 59.6 Å². The molecule has 0 spiro atoms. The fourth-order valence-electron chi connectivity index (χ4n) is 2.60. The van der Waals surface area contributed by atoms with Gasteiger partial charge in [0.2, 0.25) is 0 Å². The summed E-state index contributed by atoms with van der Waals surface area (Å²) < 4.78 is 29.6. The third kappa shape index (κ3) is 3.84. The van der Waals surface area contributed by atoms with E-state index in [1.165, 1.54) is 0 Å². The van der Waals surface area contributed by atoms with E-state index in [9.17, 15) is 9.18 Å². The van der Waals surface area contributed by atoms with Crippen LogP contribution in [0.2, 0.25) is 0 Å². The van der Waals surface area contributed by atoms with Crippen LogP contribution in [-0.2, 0) is 22.6 Å². The summed E-state index contributed by atoms with van der Waals surface area (Å²) in [6.45, 7) is 2.28. The third-order valence-electron chi connectivity index (χ3n) is 3.72. The lowest BCUT2D eigenvalue weighted by Gasteiger charge is -2.12. The van der Waals surface area contributed by atoms with E-state index < -0.39 is 5.82 Å². The number of ether oxygens (including phenoxy) is 2. The minimum Gasteiger partial charge on any atom is -0.489 e. The molecule has 126 valence electrons. The number of esters is 1. The van der Waals surface area contributed by atoms with Crippen molar-refractivity contribution in [1.82, 2.24) is 0 Å². The molecule has 25 heavy (non-hydrogen) atoms. The molecule has 1 heterocycles. The maximum Gasteiger partial charge on any atom is 0.310 e. The normalized spacial score (nSPS) is 10.8. The molecule has 0 saturated heterocycles. The van der Waals surface area contributed by atoms with E-state index in [0.717, 1.165) is 11.8 Å². The van der Waals surface area contributed by atoms with Crippen LogP contribution in [0.25, 0.3) is 11.0 Å². The van der Waals surface area contributed by atoms with Gasteiger partial charge in [0.25, 0.3) is 0 Å². The van der Waals surface area contributed by atoms with E-state index in [4.69, 9.17) is 21.7 Å². The van der Waals surface area contributed by atoms with Crippen molar-refractivity contribution >= 4 is 30.2 Å². The van der Waals surface area contributed by atoms with Crippen LogP contribution in [0.15, 0.2) is 47.1 Å². The Hall–Kier alpha value is -2.76. The Balaban J connectivity index is 1.78. The summed E-state index contributed by atoms with van der Waals surface area (Å²) in [5, 5.41) is 0.318. The van der Waals surface area contributed by atoms with Gasteiger partial charge in [-0.25, -0.2) is 4.39 Å². The van der Waals surface area contributed by atoms with E-state index in [0.29, 0.717) is 34.4 Å². The molecule has 0 N–H and O–H groups in total. The summed E-state index contributed by atoms with van der Waals surface area (Å²) in [5.41, 5.74) is 2.10. The summed E-state index contributed by atoms with van der Waals surface area (Å²) in [7, 11) is 5.89. The largest absolute Gasteiger partial charge is 0.489 e. The molecule has 3 aromatic rings. The van der Waals surface area contributed by atoms with Gasteiger partial charge in [0.15, 0.2) is 5.82 Å². The van der Waals surface area contributed by atoms with Gasteiger partial charge in [0, 0.05) is 5.56 Å². The molecule has 3 rings (SSSR count). The third-order valence-corrected chi connectivity index (χ3v) is 3.72. The fourth-order valence-corrected chi connectivity index (χ4v) is 2.60. The van der Waals surface area contributed by atoms with Crippen LogP contribution in [0.1, 0.15) is 18.1 Å². The topological polar surface area (TPSA) is 48.7 Å². The second-order valence-electron chi connectivity index (χ2n) is 5.52. The molecule has 4 nitrogen and oxygen atoms in total. The van der Waals surface area contributed by atoms with E-state index in [1.807, 2.05) is 12.1 Å². The average Bonchev–Trinajstić information content (AvgIpc) is 2.96. The first-order valence-electron chi connectivity index (χ1n) is 7.90. The first-order valence-corrected chi connectivity index (χ1v) is 7.90. The Morgan fingerprint density at radius 1 is 1.28 bits per heavy atom. The second kappa shape index (κ2) is 7.42. The highest BCUT2D eigenvalue weighted by Crippen LogP contribution is 2.23. The lowest BCUT2D eigenvalue weighted by Crippen LogP contribution is -2.10. The van der Waals surface area contributed by atoms with Crippen molar-refractivity contribution < 1.29 is 23.1 Å². The molecule has 0 aliphatic rings. The number of fused-ring (bicyclic) bond motifs is 1. The maximum absolute atomic E-state index is 13.7. The van der Waals surface area contributed by atoms with Crippen molar-refractivity contribution in [3.63, 3.8) is 0 Å². The molecule has 1 aromatic heterocycles. The van der Waals surface area contributed by atoms with Crippen molar-refractivity contribution in [2.24, 2.45) is 0 Å². The molecule has 2 radical (unpaired) electrons. The molecule has 0 amide bonds. The number of hydrogen-bond acceptors (Lipinski definition) is 4. The molecule has 0 aliphatic carbocycles. The van der Waals surface area contributed by atoms with Crippen LogP contribution in [0.4, 0.5) is 4.39 Å². The highest BCUT2D eigenvalue weighted by atomic mass is 19.1. The molecule has 0 aliphatic heterocycles. The van der Waals surface area contributed by atoms with Crippen LogP contribution >= 0.6 is 0 Å². The predicted octanol–water partition coefficient (Wildman–Crippen LogP) is 3.05. The SMILES string of the molecule is [B]c1cc(COc2ccccc2CC(=O)OCC)cc2c(F)coc12. The van der Waals surface area contributed by atoms with E-state index >= 15 is 0 Å². The lowest BCUT2D eigenvalue weighted by atomic mass is 9.92. The van der Waals surface area contributed by atoms with Crippen molar-refractivity contribution in [2.45, 2.75) is 20.0 Å². The van der Waals surface area contributed by atoms with Gasteiger partial charge in [-0.2, -0.15) is 0 Å². The maximum atomic E-state index is 13.7. The zero-order valence-electron chi connectivity index (χ0n) is 13.8. The Bertz CT molecular complexity index is 904. The van der Waals surface area contributed by atoms with Gasteiger partial charge in [-0.05, 0) is 24.6 Å². The molecule has 6 heteroatoms. The number of benzene rings is 2. The summed E-state index contributed by atoms with van der Waals surface area (Å²) in [5.74, 6) is -0.210. The summed E-state index contributed by atoms with van der Waals surface area (Å²) >= 11 is 0. The number of carbonyl (C=O) groups excluding carboxylic acids is 1. The molecule has 0 bridgehead atoms. The number of para-hydroxylation sites is 1. The average molecular weight is 338 g/mol. The van der Waals surface area contributed by atoms with Crippen LogP contribution in [0.5, 0.6) is 5.75 Å². The Labute approximate surface area is 145 Å². The summed E-state index contributed by atoms with van der Waals surface area (Å²) in [4.78, 5) is 11.7. The smallest absolute Gasteiger partial charge is 0.310 e. The van der Waals surface area contributed by atoms with Crippen molar-refractivity contribution in [3.8, 4) is 5.75 Å². The van der Waals surface area contributed by atoms with Gasteiger partial charge in [0.05, 0.1) is 18.4 Å².